The van der Waals surface area contributed by atoms with Gasteiger partial charge in [0.25, 0.3) is 0 Å². The Morgan fingerprint density at radius 3 is 2.47 bits per heavy atom. The molecule has 1 aromatic heterocycles. The average Bonchev–Trinajstić information content (AvgIpc) is 2.34. The molecule has 1 rings (SSSR count). The molecule has 0 aliphatic heterocycles. The first-order valence-electron chi connectivity index (χ1n) is 7.16. The van der Waals surface area contributed by atoms with Crippen LogP contribution in [0.4, 0.5) is 5.82 Å². The van der Waals surface area contributed by atoms with Gasteiger partial charge in [0.05, 0.1) is 6.10 Å². The summed E-state index contributed by atoms with van der Waals surface area (Å²) in [6, 6.07) is 1.89. The molecule has 1 atom stereocenters. The van der Waals surface area contributed by atoms with Crippen molar-refractivity contribution in [1.29, 1.82) is 0 Å². The van der Waals surface area contributed by atoms with Gasteiger partial charge in [-0.15, -0.1) is 0 Å². The van der Waals surface area contributed by atoms with E-state index in [1.54, 1.807) is 0 Å². The molecule has 0 radical (unpaired) electrons. The van der Waals surface area contributed by atoms with E-state index in [0.717, 1.165) is 31.0 Å². The summed E-state index contributed by atoms with van der Waals surface area (Å²) in [5.74, 6) is 2.32. The van der Waals surface area contributed by atoms with Crippen molar-refractivity contribution in [1.82, 2.24) is 9.97 Å². The predicted octanol–water partition coefficient (Wildman–Crippen LogP) is 3.77. The third kappa shape index (κ3) is 5.05. The Kier molecular flexibility index (Phi) is 5.58. The van der Waals surface area contributed by atoms with Crippen molar-refractivity contribution in [3.8, 4) is 5.88 Å². The molecule has 1 heterocycles. The molecule has 0 saturated carbocycles. The van der Waals surface area contributed by atoms with Crippen molar-refractivity contribution in [2.24, 2.45) is 0 Å². The Hall–Kier alpha value is -1.32. The molecule has 1 aromatic rings. The second kappa shape index (κ2) is 6.73. The Balaban J connectivity index is 3.02. The minimum absolute atomic E-state index is 0.0858. The van der Waals surface area contributed by atoms with Gasteiger partial charge in [-0.25, -0.2) is 4.98 Å². The SMILES string of the molecule is CCCNc1cc(OC(C)CC)nc(C(C)(C)C)n1. The second-order valence-corrected chi connectivity index (χ2v) is 5.93. The number of rotatable bonds is 6. The zero-order chi connectivity index (χ0) is 14.5. The van der Waals surface area contributed by atoms with Gasteiger partial charge < -0.3 is 10.1 Å². The number of ether oxygens (including phenoxy) is 1. The lowest BCUT2D eigenvalue weighted by atomic mass is 9.96. The van der Waals surface area contributed by atoms with E-state index in [2.05, 4.69) is 56.8 Å². The maximum Gasteiger partial charge on any atom is 0.219 e. The molecule has 0 amide bonds. The van der Waals surface area contributed by atoms with Gasteiger partial charge in [-0.05, 0) is 19.8 Å². The van der Waals surface area contributed by atoms with Crippen LogP contribution in [0.25, 0.3) is 0 Å². The van der Waals surface area contributed by atoms with Gasteiger partial charge in [-0.3, -0.25) is 0 Å². The highest BCUT2D eigenvalue weighted by molar-refractivity contribution is 5.39. The fraction of sp³-hybridized carbons (Fsp3) is 0.733. The van der Waals surface area contributed by atoms with Crippen molar-refractivity contribution in [2.75, 3.05) is 11.9 Å². The smallest absolute Gasteiger partial charge is 0.219 e. The summed E-state index contributed by atoms with van der Waals surface area (Å²) in [6.45, 7) is 13.5. The molecule has 19 heavy (non-hydrogen) atoms. The van der Waals surface area contributed by atoms with Crippen LogP contribution in [-0.4, -0.2) is 22.6 Å². The van der Waals surface area contributed by atoms with Crippen molar-refractivity contribution >= 4 is 5.82 Å². The minimum Gasteiger partial charge on any atom is -0.475 e. The van der Waals surface area contributed by atoms with Crippen LogP contribution in [0, 0.1) is 0 Å². The molecule has 1 N–H and O–H groups in total. The van der Waals surface area contributed by atoms with Gasteiger partial charge in [0, 0.05) is 18.0 Å². The zero-order valence-electron chi connectivity index (χ0n) is 13.1. The van der Waals surface area contributed by atoms with E-state index in [4.69, 9.17) is 4.74 Å². The van der Waals surface area contributed by atoms with E-state index in [9.17, 15) is 0 Å². The van der Waals surface area contributed by atoms with Gasteiger partial charge in [-0.1, -0.05) is 34.6 Å². The molecule has 4 heteroatoms. The lowest BCUT2D eigenvalue weighted by Gasteiger charge is -2.20. The first kappa shape index (κ1) is 15.7. The van der Waals surface area contributed by atoms with Crippen molar-refractivity contribution < 1.29 is 4.74 Å². The largest absolute Gasteiger partial charge is 0.475 e. The maximum atomic E-state index is 5.83. The van der Waals surface area contributed by atoms with Crippen LogP contribution in [0.1, 0.15) is 60.2 Å². The predicted molar refractivity (Wildman–Crippen MR) is 79.9 cm³/mol. The molecule has 1 unspecified atom stereocenters. The Morgan fingerprint density at radius 2 is 1.95 bits per heavy atom. The maximum absolute atomic E-state index is 5.83. The third-order valence-corrected chi connectivity index (χ3v) is 2.83. The summed E-state index contributed by atoms with van der Waals surface area (Å²) < 4.78 is 5.83. The Bertz CT molecular complexity index is 399. The molecule has 4 nitrogen and oxygen atoms in total. The molecule has 0 spiro atoms. The van der Waals surface area contributed by atoms with Gasteiger partial charge in [-0.2, -0.15) is 4.98 Å². The van der Waals surface area contributed by atoms with Gasteiger partial charge in [0.1, 0.15) is 11.6 Å². The fourth-order valence-electron chi connectivity index (χ4n) is 1.45. The van der Waals surface area contributed by atoms with Crippen LogP contribution in [0.15, 0.2) is 6.07 Å². The number of hydrogen-bond donors (Lipinski definition) is 1. The summed E-state index contributed by atoms with van der Waals surface area (Å²) in [5.41, 5.74) is -0.0858. The van der Waals surface area contributed by atoms with E-state index >= 15 is 0 Å². The van der Waals surface area contributed by atoms with Crippen molar-refractivity contribution in [3.05, 3.63) is 11.9 Å². The normalized spacial score (nSPS) is 13.2. The second-order valence-electron chi connectivity index (χ2n) is 5.93. The van der Waals surface area contributed by atoms with Gasteiger partial charge >= 0.3 is 0 Å². The molecule has 0 aliphatic rings. The molecular weight excluding hydrogens is 238 g/mol. The number of anilines is 1. The third-order valence-electron chi connectivity index (χ3n) is 2.83. The molecule has 0 aliphatic carbocycles. The standard InChI is InChI=1S/C15H27N3O/c1-7-9-16-12-10-13(19-11(3)8-2)18-14(17-12)15(4,5)6/h10-11H,7-9H2,1-6H3,(H,16,17,18). The quantitative estimate of drug-likeness (QED) is 0.850. The number of nitrogens with zero attached hydrogens (tertiary/aromatic N) is 2. The minimum atomic E-state index is -0.0858. The monoisotopic (exact) mass is 265 g/mol. The number of hydrogen-bond acceptors (Lipinski definition) is 4. The van der Waals surface area contributed by atoms with Crippen LogP contribution >= 0.6 is 0 Å². The van der Waals surface area contributed by atoms with Gasteiger partial charge in [0.15, 0.2) is 0 Å². The Morgan fingerprint density at radius 1 is 1.26 bits per heavy atom. The molecule has 0 bridgehead atoms. The van der Waals surface area contributed by atoms with E-state index in [1.165, 1.54) is 0 Å². The highest BCUT2D eigenvalue weighted by Crippen LogP contribution is 2.24. The van der Waals surface area contributed by atoms with Crippen LogP contribution in [0.5, 0.6) is 5.88 Å². The summed E-state index contributed by atoms with van der Waals surface area (Å²) in [6.07, 6.45) is 2.20. The van der Waals surface area contributed by atoms with E-state index in [0.29, 0.717) is 5.88 Å². The van der Waals surface area contributed by atoms with Crippen LogP contribution in [0.2, 0.25) is 0 Å². The average molecular weight is 265 g/mol. The van der Waals surface area contributed by atoms with E-state index < -0.39 is 0 Å². The van der Waals surface area contributed by atoms with Crippen molar-refractivity contribution in [2.45, 2.75) is 65.9 Å². The molecule has 108 valence electrons. The molecular formula is C15H27N3O. The van der Waals surface area contributed by atoms with Crippen LogP contribution in [-0.2, 0) is 5.41 Å². The van der Waals surface area contributed by atoms with Crippen LogP contribution < -0.4 is 10.1 Å². The summed E-state index contributed by atoms with van der Waals surface area (Å²) in [4.78, 5) is 9.10. The number of aromatic nitrogens is 2. The summed E-state index contributed by atoms with van der Waals surface area (Å²) >= 11 is 0. The van der Waals surface area contributed by atoms with Crippen LogP contribution in [0.3, 0.4) is 0 Å². The molecule has 0 aromatic carbocycles. The highest BCUT2D eigenvalue weighted by atomic mass is 16.5. The molecule has 0 saturated heterocycles. The fourth-order valence-corrected chi connectivity index (χ4v) is 1.45. The first-order valence-corrected chi connectivity index (χ1v) is 7.16. The zero-order valence-corrected chi connectivity index (χ0v) is 13.1. The highest BCUT2D eigenvalue weighted by Gasteiger charge is 2.20. The van der Waals surface area contributed by atoms with Crippen molar-refractivity contribution in [3.63, 3.8) is 0 Å². The van der Waals surface area contributed by atoms with E-state index in [1.807, 2.05) is 6.07 Å². The lowest BCUT2D eigenvalue weighted by molar-refractivity contribution is 0.207. The number of nitrogens with one attached hydrogen (secondary N) is 1. The van der Waals surface area contributed by atoms with E-state index in [-0.39, 0.29) is 11.5 Å². The first-order chi connectivity index (χ1) is 8.86. The summed E-state index contributed by atoms with van der Waals surface area (Å²) in [5, 5.41) is 3.31. The van der Waals surface area contributed by atoms with Gasteiger partial charge in [0.2, 0.25) is 5.88 Å². The topological polar surface area (TPSA) is 47.0 Å². The Labute approximate surface area is 117 Å². The lowest BCUT2D eigenvalue weighted by Crippen LogP contribution is -2.19. The molecule has 0 fully saturated rings. The summed E-state index contributed by atoms with van der Waals surface area (Å²) in [7, 11) is 0.